The number of alkyl halides is 3. The average molecular weight is 263 g/mol. The number of rotatable bonds is 4. The van der Waals surface area contributed by atoms with Gasteiger partial charge in [-0.2, -0.15) is 0 Å². The van der Waals surface area contributed by atoms with E-state index >= 15 is 0 Å². The molecule has 1 aromatic rings. The van der Waals surface area contributed by atoms with Crippen molar-refractivity contribution in [2.45, 2.75) is 32.5 Å². The summed E-state index contributed by atoms with van der Waals surface area (Å²) in [5, 5.41) is 0. The molecular formula is C11H16F3NOSi. The molecule has 96 valence electrons. The topological polar surface area (TPSA) is 21.3 Å². The molecule has 0 aliphatic heterocycles. The van der Waals surface area contributed by atoms with Gasteiger partial charge < -0.3 is 9.72 Å². The molecule has 0 aliphatic rings. The lowest BCUT2D eigenvalue weighted by Gasteiger charge is -2.18. The summed E-state index contributed by atoms with van der Waals surface area (Å²) >= 11 is 0. The summed E-state index contributed by atoms with van der Waals surface area (Å²) in [7, 11) is -1.35. The molecule has 1 rings (SSSR count). The first-order valence-corrected chi connectivity index (χ1v) is 8.75. The lowest BCUT2D eigenvalue weighted by molar-refractivity contribution is -0.274. The minimum absolute atomic E-state index is 0.186. The highest BCUT2D eigenvalue weighted by Crippen LogP contribution is 2.22. The van der Waals surface area contributed by atoms with E-state index in [0.29, 0.717) is 6.54 Å². The fourth-order valence-corrected chi connectivity index (χ4v) is 1.91. The summed E-state index contributed by atoms with van der Waals surface area (Å²) in [5.74, 6) is -0.186. The third-order valence-corrected chi connectivity index (χ3v) is 3.22. The van der Waals surface area contributed by atoms with Gasteiger partial charge in [-0.1, -0.05) is 31.8 Å². The molecule has 0 saturated carbocycles. The van der Waals surface area contributed by atoms with Crippen LogP contribution >= 0.6 is 0 Å². The summed E-state index contributed by atoms with van der Waals surface area (Å²) in [5.41, 5.74) is 0.946. The zero-order valence-corrected chi connectivity index (χ0v) is 11.1. The number of halogens is 3. The first-order chi connectivity index (χ1) is 7.66. The van der Waals surface area contributed by atoms with Gasteiger partial charge in [-0.15, -0.1) is 13.2 Å². The van der Waals surface area contributed by atoms with E-state index < -0.39 is 14.6 Å². The molecule has 1 N–H and O–H groups in total. The Morgan fingerprint density at radius 3 is 2.06 bits per heavy atom. The molecule has 0 unspecified atom stereocenters. The Balaban J connectivity index is 2.56. The molecule has 0 spiro atoms. The van der Waals surface area contributed by atoms with Crippen LogP contribution in [0.5, 0.6) is 5.75 Å². The van der Waals surface area contributed by atoms with Crippen molar-refractivity contribution in [2.75, 3.05) is 0 Å². The maximum absolute atomic E-state index is 11.9. The quantitative estimate of drug-likeness (QED) is 0.839. The highest BCUT2D eigenvalue weighted by molar-refractivity contribution is 6.73. The minimum atomic E-state index is -4.63. The number of nitrogens with one attached hydrogen (secondary N) is 1. The molecule has 0 fully saturated rings. The maximum Gasteiger partial charge on any atom is 0.573 e. The fourth-order valence-electron chi connectivity index (χ4n) is 1.18. The first kappa shape index (κ1) is 14.0. The van der Waals surface area contributed by atoms with Crippen LogP contribution in [0.3, 0.4) is 0 Å². The Kier molecular flexibility index (Phi) is 4.21. The monoisotopic (exact) mass is 263 g/mol. The molecule has 6 heteroatoms. The lowest BCUT2D eigenvalue weighted by atomic mass is 10.2. The molecule has 2 nitrogen and oxygen atoms in total. The van der Waals surface area contributed by atoms with Crippen molar-refractivity contribution in [3.05, 3.63) is 29.8 Å². The predicted molar refractivity (Wildman–Crippen MR) is 63.3 cm³/mol. The van der Waals surface area contributed by atoms with Crippen LogP contribution in [0.25, 0.3) is 0 Å². The van der Waals surface area contributed by atoms with Gasteiger partial charge in [0.25, 0.3) is 0 Å². The molecule has 0 saturated heterocycles. The van der Waals surface area contributed by atoms with Gasteiger partial charge in [-0.3, -0.25) is 0 Å². The van der Waals surface area contributed by atoms with E-state index in [-0.39, 0.29) is 5.75 Å². The number of hydrogen-bond acceptors (Lipinski definition) is 2. The molecule has 0 heterocycles. The Hall–Kier alpha value is -1.01. The summed E-state index contributed by atoms with van der Waals surface area (Å²) in [6.07, 6.45) is -4.63. The Labute approximate surface area is 99.9 Å². The van der Waals surface area contributed by atoms with E-state index in [2.05, 4.69) is 29.4 Å². The summed E-state index contributed by atoms with van der Waals surface area (Å²) < 4.78 is 39.5. The molecule has 0 atom stereocenters. The van der Waals surface area contributed by atoms with Crippen molar-refractivity contribution in [1.82, 2.24) is 4.98 Å². The summed E-state index contributed by atoms with van der Waals surface area (Å²) in [6.45, 7) is 7.15. The van der Waals surface area contributed by atoms with Crippen LogP contribution < -0.4 is 9.72 Å². The van der Waals surface area contributed by atoms with Gasteiger partial charge in [0.15, 0.2) is 0 Å². The van der Waals surface area contributed by atoms with Crippen LogP contribution in [0.1, 0.15) is 5.56 Å². The van der Waals surface area contributed by atoms with Gasteiger partial charge >= 0.3 is 6.36 Å². The minimum Gasteiger partial charge on any atom is -0.406 e. The highest BCUT2D eigenvalue weighted by atomic mass is 28.3. The van der Waals surface area contributed by atoms with Crippen LogP contribution in [-0.4, -0.2) is 14.6 Å². The van der Waals surface area contributed by atoms with Crippen molar-refractivity contribution in [3.8, 4) is 5.75 Å². The summed E-state index contributed by atoms with van der Waals surface area (Å²) in [6, 6.07) is 5.92. The SMILES string of the molecule is C[Si](C)(C)NCc1ccc(OC(F)(F)F)cc1. The standard InChI is InChI=1S/C11H16F3NOSi/c1-17(2,3)15-8-9-4-6-10(7-5-9)16-11(12,13)14/h4-7,15H,8H2,1-3H3. The number of ether oxygens (including phenoxy) is 1. The van der Waals surface area contributed by atoms with Crippen LogP contribution in [0.4, 0.5) is 13.2 Å². The normalized spacial score (nSPS) is 12.6. The molecule has 0 radical (unpaired) electrons. The summed E-state index contributed by atoms with van der Waals surface area (Å²) in [4.78, 5) is 3.38. The smallest absolute Gasteiger partial charge is 0.406 e. The van der Waals surface area contributed by atoms with Gasteiger partial charge in [0, 0.05) is 6.54 Å². The van der Waals surface area contributed by atoms with E-state index in [1.807, 2.05) is 0 Å². The molecule has 17 heavy (non-hydrogen) atoms. The zero-order valence-electron chi connectivity index (χ0n) is 10.1. The Morgan fingerprint density at radius 2 is 1.65 bits per heavy atom. The van der Waals surface area contributed by atoms with Crippen LogP contribution in [-0.2, 0) is 6.54 Å². The molecule has 0 aliphatic carbocycles. The third kappa shape index (κ3) is 6.33. The highest BCUT2D eigenvalue weighted by Gasteiger charge is 2.30. The zero-order chi connectivity index (χ0) is 13.1. The van der Waals surface area contributed by atoms with Gasteiger partial charge in [0.2, 0.25) is 0 Å². The molecule has 0 amide bonds. The van der Waals surface area contributed by atoms with Crippen molar-refractivity contribution in [3.63, 3.8) is 0 Å². The molecule has 1 aromatic carbocycles. The van der Waals surface area contributed by atoms with Crippen molar-refractivity contribution in [1.29, 1.82) is 0 Å². The predicted octanol–water partition coefficient (Wildman–Crippen LogP) is 3.51. The Morgan fingerprint density at radius 1 is 1.12 bits per heavy atom. The van der Waals surface area contributed by atoms with E-state index in [9.17, 15) is 13.2 Å². The Bertz CT molecular complexity index is 356. The van der Waals surface area contributed by atoms with Gasteiger partial charge in [0.1, 0.15) is 14.0 Å². The second-order valence-corrected chi connectivity index (χ2v) is 9.65. The van der Waals surface area contributed by atoms with E-state index in [1.54, 1.807) is 12.1 Å². The average Bonchev–Trinajstić information content (AvgIpc) is 2.13. The largest absolute Gasteiger partial charge is 0.573 e. The molecular weight excluding hydrogens is 247 g/mol. The van der Waals surface area contributed by atoms with Crippen LogP contribution in [0.15, 0.2) is 24.3 Å². The molecule has 0 bridgehead atoms. The second-order valence-electron chi connectivity index (χ2n) is 4.80. The van der Waals surface area contributed by atoms with E-state index in [0.717, 1.165) is 5.56 Å². The van der Waals surface area contributed by atoms with Gasteiger partial charge in [0.05, 0.1) is 0 Å². The number of benzene rings is 1. The van der Waals surface area contributed by atoms with Crippen molar-refractivity contribution < 1.29 is 17.9 Å². The van der Waals surface area contributed by atoms with Crippen molar-refractivity contribution in [2.24, 2.45) is 0 Å². The van der Waals surface area contributed by atoms with E-state index in [4.69, 9.17) is 0 Å². The fraction of sp³-hybridized carbons (Fsp3) is 0.455. The van der Waals surface area contributed by atoms with Gasteiger partial charge in [-0.05, 0) is 17.7 Å². The second kappa shape index (κ2) is 5.10. The van der Waals surface area contributed by atoms with Crippen LogP contribution in [0.2, 0.25) is 19.6 Å². The van der Waals surface area contributed by atoms with Gasteiger partial charge in [-0.25, -0.2) is 0 Å². The van der Waals surface area contributed by atoms with E-state index in [1.165, 1.54) is 12.1 Å². The third-order valence-electron chi connectivity index (χ3n) is 1.98. The number of hydrogen-bond donors (Lipinski definition) is 1. The first-order valence-electron chi connectivity index (χ1n) is 5.25. The van der Waals surface area contributed by atoms with Crippen LogP contribution in [0, 0.1) is 0 Å². The molecule has 0 aromatic heterocycles. The lowest BCUT2D eigenvalue weighted by Crippen LogP contribution is -2.40. The van der Waals surface area contributed by atoms with Crippen molar-refractivity contribution >= 4 is 8.24 Å². The maximum atomic E-state index is 11.9.